The number of aromatic nitrogens is 2. The van der Waals surface area contributed by atoms with Crippen molar-refractivity contribution in [1.82, 2.24) is 9.97 Å². The minimum absolute atomic E-state index is 0.191. The Balaban J connectivity index is 2.04. The second kappa shape index (κ2) is 6.91. The van der Waals surface area contributed by atoms with Gasteiger partial charge in [-0.2, -0.15) is 5.26 Å². The van der Waals surface area contributed by atoms with Crippen LogP contribution in [0.15, 0.2) is 35.5 Å². The Bertz CT molecular complexity index is 721. The minimum atomic E-state index is -0.396. The molecule has 1 amide bonds. The zero-order valence-corrected chi connectivity index (χ0v) is 13.0. The number of benzene rings is 1. The lowest BCUT2D eigenvalue weighted by atomic mass is 10.2. The molecule has 1 aromatic carbocycles. The lowest BCUT2D eigenvalue weighted by Gasteiger charge is -2.11. The third kappa shape index (κ3) is 4.20. The zero-order valence-electron chi connectivity index (χ0n) is 12.2. The fourth-order valence-electron chi connectivity index (χ4n) is 1.74. The van der Waals surface area contributed by atoms with Crippen LogP contribution in [0.2, 0.25) is 0 Å². The highest BCUT2D eigenvalue weighted by Crippen LogP contribution is 2.22. The zero-order chi connectivity index (χ0) is 16.1. The number of anilines is 2. The van der Waals surface area contributed by atoms with Gasteiger partial charge in [-0.15, -0.1) is 0 Å². The Morgan fingerprint density at radius 2 is 2.18 bits per heavy atom. The number of nitrogens with two attached hydrogens (primary N) is 1. The molecular formula is C15H15N5OS. The highest BCUT2D eigenvalue weighted by atomic mass is 32.2. The van der Waals surface area contributed by atoms with Gasteiger partial charge in [-0.25, -0.2) is 9.97 Å². The van der Waals surface area contributed by atoms with Crippen molar-refractivity contribution >= 4 is 29.2 Å². The molecule has 3 N–H and O–H groups in total. The van der Waals surface area contributed by atoms with E-state index in [9.17, 15) is 4.79 Å². The van der Waals surface area contributed by atoms with Gasteiger partial charge in [-0.05, 0) is 32.0 Å². The first-order valence-corrected chi connectivity index (χ1v) is 7.45. The lowest BCUT2D eigenvalue weighted by molar-refractivity contribution is -0.115. The Morgan fingerprint density at radius 3 is 2.86 bits per heavy atom. The van der Waals surface area contributed by atoms with Gasteiger partial charge in [-0.1, -0.05) is 17.8 Å². The molecule has 112 valence electrons. The number of amides is 1. The minimum Gasteiger partial charge on any atom is -0.384 e. The molecule has 0 bridgehead atoms. The summed E-state index contributed by atoms with van der Waals surface area (Å²) in [5.74, 6) is 0.188. The van der Waals surface area contributed by atoms with E-state index in [-0.39, 0.29) is 5.91 Å². The number of rotatable bonds is 4. The number of nitrogen functional groups attached to an aromatic ring is 1. The van der Waals surface area contributed by atoms with Gasteiger partial charge in [0, 0.05) is 17.4 Å². The molecule has 0 saturated carbocycles. The van der Waals surface area contributed by atoms with E-state index in [1.807, 2.05) is 13.0 Å². The van der Waals surface area contributed by atoms with E-state index in [1.165, 1.54) is 11.8 Å². The number of carbonyl (C=O) groups is 1. The van der Waals surface area contributed by atoms with Gasteiger partial charge in [0.1, 0.15) is 5.82 Å². The van der Waals surface area contributed by atoms with Crippen LogP contribution in [-0.2, 0) is 4.79 Å². The SMILES string of the molecule is Cc1cc(N)nc(SC(C)C(=O)Nc2cccc(C#N)c2)n1. The quantitative estimate of drug-likeness (QED) is 0.663. The maximum absolute atomic E-state index is 12.2. The molecule has 0 aliphatic heterocycles. The number of hydrogen-bond acceptors (Lipinski definition) is 6. The maximum atomic E-state index is 12.2. The van der Waals surface area contributed by atoms with Crippen molar-refractivity contribution in [3.63, 3.8) is 0 Å². The molecule has 6 nitrogen and oxygen atoms in total. The summed E-state index contributed by atoms with van der Waals surface area (Å²) in [5.41, 5.74) is 7.50. The Morgan fingerprint density at radius 1 is 1.41 bits per heavy atom. The summed E-state index contributed by atoms with van der Waals surface area (Å²) in [6, 6.07) is 10.5. The maximum Gasteiger partial charge on any atom is 0.237 e. The normalized spacial score (nSPS) is 11.5. The number of nitrogens with one attached hydrogen (secondary N) is 1. The predicted molar refractivity (Wildman–Crippen MR) is 86.3 cm³/mol. The summed E-state index contributed by atoms with van der Waals surface area (Å²) in [7, 11) is 0. The van der Waals surface area contributed by atoms with Crippen molar-refractivity contribution in [3.05, 3.63) is 41.6 Å². The van der Waals surface area contributed by atoms with Gasteiger partial charge >= 0.3 is 0 Å². The van der Waals surface area contributed by atoms with E-state index in [4.69, 9.17) is 11.0 Å². The first-order chi connectivity index (χ1) is 10.5. The van der Waals surface area contributed by atoms with Crippen LogP contribution >= 0.6 is 11.8 Å². The Labute approximate surface area is 132 Å². The molecule has 0 spiro atoms. The van der Waals surface area contributed by atoms with Crippen LogP contribution in [0.25, 0.3) is 0 Å². The molecule has 2 rings (SSSR count). The van der Waals surface area contributed by atoms with E-state index < -0.39 is 5.25 Å². The van der Waals surface area contributed by atoms with Crippen LogP contribution in [0.1, 0.15) is 18.2 Å². The van der Waals surface area contributed by atoms with Crippen molar-refractivity contribution in [3.8, 4) is 6.07 Å². The van der Waals surface area contributed by atoms with E-state index in [1.54, 1.807) is 37.3 Å². The largest absolute Gasteiger partial charge is 0.384 e. The first-order valence-electron chi connectivity index (χ1n) is 6.57. The Kier molecular flexibility index (Phi) is 4.96. The molecule has 0 aliphatic carbocycles. The molecule has 0 radical (unpaired) electrons. The third-order valence-corrected chi connectivity index (χ3v) is 3.73. The number of nitrogens with zero attached hydrogens (tertiary/aromatic N) is 3. The number of aryl methyl sites for hydroxylation is 1. The summed E-state index contributed by atoms with van der Waals surface area (Å²) in [4.78, 5) is 20.5. The molecule has 0 aliphatic rings. The lowest BCUT2D eigenvalue weighted by Crippen LogP contribution is -2.22. The van der Waals surface area contributed by atoms with E-state index >= 15 is 0 Å². The van der Waals surface area contributed by atoms with Gasteiger partial charge in [-0.3, -0.25) is 4.79 Å². The molecule has 22 heavy (non-hydrogen) atoms. The average Bonchev–Trinajstić information content (AvgIpc) is 2.46. The standard InChI is InChI=1S/C15H15N5OS/c1-9-6-13(17)20-15(18-9)22-10(2)14(21)19-12-5-3-4-11(7-12)8-16/h3-7,10H,1-2H3,(H,19,21)(H2,17,18,20). The third-order valence-electron chi connectivity index (χ3n) is 2.76. The van der Waals surface area contributed by atoms with Gasteiger partial charge in [0.25, 0.3) is 0 Å². The van der Waals surface area contributed by atoms with Crippen molar-refractivity contribution in [2.24, 2.45) is 0 Å². The van der Waals surface area contributed by atoms with Gasteiger partial charge in [0.05, 0.1) is 16.9 Å². The molecule has 1 aromatic heterocycles. The van der Waals surface area contributed by atoms with Crippen molar-refractivity contribution in [1.29, 1.82) is 5.26 Å². The summed E-state index contributed by atoms with van der Waals surface area (Å²) in [6.07, 6.45) is 0. The van der Waals surface area contributed by atoms with Crippen LogP contribution in [0, 0.1) is 18.3 Å². The Hall–Kier alpha value is -2.59. The molecule has 1 unspecified atom stereocenters. The summed E-state index contributed by atoms with van der Waals surface area (Å²) < 4.78 is 0. The van der Waals surface area contributed by atoms with Crippen LogP contribution in [0.3, 0.4) is 0 Å². The molecular weight excluding hydrogens is 298 g/mol. The van der Waals surface area contributed by atoms with Crippen LogP contribution < -0.4 is 11.1 Å². The molecule has 0 fully saturated rings. The first kappa shape index (κ1) is 15.8. The van der Waals surface area contributed by atoms with E-state index in [0.29, 0.717) is 22.2 Å². The van der Waals surface area contributed by atoms with Gasteiger partial charge in [0.15, 0.2) is 5.16 Å². The van der Waals surface area contributed by atoms with Gasteiger partial charge in [0.2, 0.25) is 5.91 Å². The van der Waals surface area contributed by atoms with Crippen LogP contribution in [0.5, 0.6) is 0 Å². The fraction of sp³-hybridized carbons (Fsp3) is 0.200. The van der Waals surface area contributed by atoms with E-state index in [2.05, 4.69) is 15.3 Å². The predicted octanol–water partition coefficient (Wildman–Crippen LogP) is 2.36. The number of carbonyl (C=O) groups excluding carboxylic acids is 1. The molecule has 7 heteroatoms. The second-order valence-corrected chi connectivity index (χ2v) is 5.97. The smallest absolute Gasteiger partial charge is 0.237 e. The van der Waals surface area contributed by atoms with Crippen LogP contribution in [-0.4, -0.2) is 21.1 Å². The number of hydrogen-bond donors (Lipinski definition) is 2. The average molecular weight is 313 g/mol. The monoisotopic (exact) mass is 313 g/mol. The summed E-state index contributed by atoms with van der Waals surface area (Å²) in [6.45, 7) is 3.58. The highest BCUT2D eigenvalue weighted by molar-refractivity contribution is 8.00. The van der Waals surface area contributed by atoms with E-state index in [0.717, 1.165) is 5.69 Å². The van der Waals surface area contributed by atoms with Crippen molar-refractivity contribution < 1.29 is 4.79 Å². The van der Waals surface area contributed by atoms with Crippen molar-refractivity contribution in [2.75, 3.05) is 11.1 Å². The molecule has 1 heterocycles. The van der Waals surface area contributed by atoms with Gasteiger partial charge < -0.3 is 11.1 Å². The summed E-state index contributed by atoms with van der Waals surface area (Å²) >= 11 is 1.23. The molecule has 1 atom stereocenters. The van der Waals surface area contributed by atoms with Crippen molar-refractivity contribution in [2.45, 2.75) is 24.3 Å². The fourth-order valence-corrected chi connectivity index (χ4v) is 2.58. The topological polar surface area (TPSA) is 105 Å². The number of thioether (sulfide) groups is 1. The molecule has 0 saturated heterocycles. The number of nitriles is 1. The molecule has 2 aromatic rings. The summed E-state index contributed by atoms with van der Waals surface area (Å²) in [5, 5.41) is 11.7. The highest BCUT2D eigenvalue weighted by Gasteiger charge is 2.16. The van der Waals surface area contributed by atoms with Crippen LogP contribution in [0.4, 0.5) is 11.5 Å². The second-order valence-electron chi connectivity index (χ2n) is 4.66.